The first-order chi connectivity index (χ1) is 25.1. The van der Waals surface area contributed by atoms with Gasteiger partial charge in [-0.1, -0.05) is 36.4 Å². The van der Waals surface area contributed by atoms with Crippen LogP contribution in [-0.4, -0.2) is 79.0 Å². The molecule has 1 saturated carbocycles. The lowest BCUT2D eigenvalue weighted by molar-refractivity contribution is -0.128. The van der Waals surface area contributed by atoms with Crippen molar-refractivity contribution < 1.29 is 33.3 Å². The number of carbonyl (C=O) groups excluding carboxylic acids is 2. The fourth-order valence-corrected chi connectivity index (χ4v) is 6.76. The Hall–Kier alpha value is -4.96. The van der Waals surface area contributed by atoms with Crippen LogP contribution in [0.3, 0.4) is 0 Å². The second-order valence-electron chi connectivity index (χ2n) is 14.5. The summed E-state index contributed by atoms with van der Waals surface area (Å²) in [4.78, 5) is 32.0. The standard InChI is InChI=1S/C42H51N3O7/c1-42(2,3)52-41(47)44-19-17-36(30-12-9-11-29(21-30)28-51-35-23-33(49-5)22-34(24-35)50-6)38(27-44)40(46)45(32-15-16-32)26-31-25-43(18-10-20-48-4)39-14-8-7-13-37(31)39/h7-9,11-14,21-25,32H,10,15-20,26-28H2,1-6H3. The summed E-state index contributed by atoms with van der Waals surface area (Å²) >= 11 is 0. The highest BCUT2D eigenvalue weighted by Gasteiger charge is 2.38. The maximum absolute atomic E-state index is 14.9. The molecule has 1 fully saturated rings. The van der Waals surface area contributed by atoms with Crippen LogP contribution in [0.5, 0.6) is 17.2 Å². The molecule has 2 heterocycles. The zero-order valence-corrected chi connectivity index (χ0v) is 31.3. The number of benzene rings is 3. The molecular weight excluding hydrogens is 658 g/mol. The number of aromatic nitrogens is 1. The molecule has 1 aromatic heterocycles. The highest BCUT2D eigenvalue weighted by atomic mass is 16.6. The van der Waals surface area contributed by atoms with Crippen LogP contribution in [-0.2, 0) is 34.0 Å². The quantitative estimate of drug-likeness (QED) is 0.123. The fourth-order valence-electron chi connectivity index (χ4n) is 6.76. The van der Waals surface area contributed by atoms with Gasteiger partial charge < -0.3 is 38.1 Å². The van der Waals surface area contributed by atoms with Gasteiger partial charge in [0.15, 0.2) is 0 Å². The Morgan fingerprint density at radius 2 is 1.63 bits per heavy atom. The van der Waals surface area contributed by atoms with Gasteiger partial charge in [0, 0.05) is 80.3 Å². The van der Waals surface area contributed by atoms with Crippen molar-refractivity contribution in [3.05, 3.63) is 95.2 Å². The summed E-state index contributed by atoms with van der Waals surface area (Å²) in [5.74, 6) is 1.88. The number of aryl methyl sites for hydroxylation is 1. The molecule has 0 saturated heterocycles. The van der Waals surface area contributed by atoms with E-state index in [-0.39, 0.29) is 18.5 Å². The second-order valence-corrected chi connectivity index (χ2v) is 14.5. The van der Waals surface area contributed by atoms with E-state index in [4.69, 9.17) is 23.7 Å². The van der Waals surface area contributed by atoms with Crippen LogP contribution >= 0.6 is 0 Å². The molecule has 0 radical (unpaired) electrons. The van der Waals surface area contributed by atoms with Crippen molar-refractivity contribution in [1.29, 1.82) is 0 Å². The van der Waals surface area contributed by atoms with Crippen LogP contribution in [0.25, 0.3) is 16.5 Å². The highest BCUT2D eigenvalue weighted by Crippen LogP contribution is 2.36. The van der Waals surface area contributed by atoms with Gasteiger partial charge in [-0.05, 0) is 80.9 Å². The maximum atomic E-state index is 14.9. The van der Waals surface area contributed by atoms with Gasteiger partial charge >= 0.3 is 6.09 Å². The molecule has 10 heteroatoms. The third kappa shape index (κ3) is 8.91. The summed E-state index contributed by atoms with van der Waals surface area (Å²) in [5.41, 5.74) is 5.09. The van der Waals surface area contributed by atoms with Crippen LogP contribution in [0.2, 0.25) is 0 Å². The minimum Gasteiger partial charge on any atom is -0.496 e. The number of fused-ring (bicyclic) bond motifs is 1. The average Bonchev–Trinajstić information content (AvgIpc) is 3.93. The van der Waals surface area contributed by atoms with Crippen molar-refractivity contribution >= 4 is 28.5 Å². The number of nitrogens with zero attached hydrogens (tertiary/aromatic N) is 3. The monoisotopic (exact) mass is 709 g/mol. The fraction of sp³-hybridized carbons (Fsp3) is 0.429. The molecule has 0 bridgehead atoms. The summed E-state index contributed by atoms with van der Waals surface area (Å²) in [7, 11) is 4.94. The number of para-hydroxylation sites is 1. The van der Waals surface area contributed by atoms with E-state index in [0.717, 1.165) is 59.0 Å². The molecule has 0 N–H and O–H groups in total. The van der Waals surface area contributed by atoms with Gasteiger partial charge in [-0.3, -0.25) is 4.79 Å². The van der Waals surface area contributed by atoms with Crippen LogP contribution in [0.15, 0.2) is 78.5 Å². The lowest BCUT2D eigenvalue weighted by Crippen LogP contribution is -2.44. The Morgan fingerprint density at radius 3 is 2.33 bits per heavy atom. The van der Waals surface area contributed by atoms with E-state index >= 15 is 0 Å². The number of hydrogen-bond donors (Lipinski definition) is 0. The van der Waals surface area contributed by atoms with E-state index in [1.165, 1.54) is 0 Å². The van der Waals surface area contributed by atoms with Crippen LogP contribution in [0.4, 0.5) is 4.79 Å². The van der Waals surface area contributed by atoms with Gasteiger partial charge in [-0.2, -0.15) is 0 Å². The summed E-state index contributed by atoms with van der Waals surface area (Å²) < 4.78 is 30.3. The lowest BCUT2D eigenvalue weighted by atomic mass is 9.91. The van der Waals surface area contributed by atoms with Crippen molar-refractivity contribution in [2.75, 3.05) is 41.0 Å². The predicted molar refractivity (Wildman–Crippen MR) is 202 cm³/mol. The van der Waals surface area contributed by atoms with Gasteiger partial charge in [-0.25, -0.2) is 4.79 Å². The number of carbonyl (C=O) groups is 2. The van der Waals surface area contributed by atoms with Crippen molar-refractivity contribution in [3.63, 3.8) is 0 Å². The third-order valence-corrected chi connectivity index (χ3v) is 9.47. The SMILES string of the molecule is COCCCn1cc(CN(C(=O)C2=C(c3cccc(COc4cc(OC)cc(OC)c4)c3)CCN(C(=O)OC(C)(C)C)C2)C2CC2)c2ccccc21. The first-order valence-corrected chi connectivity index (χ1v) is 18.1. The molecule has 2 aliphatic rings. The lowest BCUT2D eigenvalue weighted by Gasteiger charge is -2.34. The number of hydrogen-bond acceptors (Lipinski definition) is 7. The summed E-state index contributed by atoms with van der Waals surface area (Å²) in [6.07, 6.45) is 5.11. The molecule has 1 aliphatic carbocycles. The number of methoxy groups -OCH3 is 3. The van der Waals surface area contributed by atoms with Gasteiger partial charge in [-0.15, -0.1) is 0 Å². The first-order valence-electron chi connectivity index (χ1n) is 18.1. The smallest absolute Gasteiger partial charge is 0.410 e. The van der Waals surface area contributed by atoms with E-state index < -0.39 is 11.7 Å². The molecule has 3 aromatic carbocycles. The Balaban J connectivity index is 1.32. The van der Waals surface area contributed by atoms with Crippen LogP contribution in [0, 0.1) is 0 Å². The Morgan fingerprint density at radius 1 is 0.904 bits per heavy atom. The Labute approximate surface area is 306 Å². The summed E-state index contributed by atoms with van der Waals surface area (Å²) in [5, 5.41) is 1.15. The third-order valence-electron chi connectivity index (χ3n) is 9.47. The Bertz CT molecular complexity index is 1900. The zero-order chi connectivity index (χ0) is 36.8. The maximum Gasteiger partial charge on any atom is 0.410 e. The summed E-state index contributed by atoms with van der Waals surface area (Å²) in [6.45, 7) is 8.52. The van der Waals surface area contributed by atoms with Crippen LogP contribution < -0.4 is 14.2 Å². The molecule has 4 aromatic rings. The van der Waals surface area contributed by atoms with Crippen molar-refractivity contribution in [2.45, 2.75) is 77.8 Å². The molecule has 6 rings (SSSR count). The average molecular weight is 710 g/mol. The normalized spacial score (nSPS) is 14.8. The van der Waals surface area contributed by atoms with E-state index in [2.05, 4.69) is 41.1 Å². The van der Waals surface area contributed by atoms with Gasteiger partial charge in [0.1, 0.15) is 29.5 Å². The molecule has 0 unspecified atom stereocenters. The first kappa shape index (κ1) is 36.8. The van der Waals surface area contributed by atoms with E-state index in [1.54, 1.807) is 32.3 Å². The number of amides is 2. The minimum absolute atomic E-state index is 0.0351. The van der Waals surface area contributed by atoms with E-state index in [9.17, 15) is 9.59 Å². The molecule has 1 aliphatic heterocycles. The predicted octanol–water partition coefficient (Wildman–Crippen LogP) is 7.86. The van der Waals surface area contributed by atoms with E-state index in [0.29, 0.717) is 55.5 Å². The molecule has 0 atom stereocenters. The van der Waals surface area contributed by atoms with Crippen LogP contribution in [0.1, 0.15) is 63.1 Å². The second kappa shape index (κ2) is 16.2. The molecule has 0 spiro atoms. The molecule has 276 valence electrons. The van der Waals surface area contributed by atoms with Crippen molar-refractivity contribution in [3.8, 4) is 17.2 Å². The number of ether oxygens (including phenoxy) is 5. The van der Waals surface area contributed by atoms with Gasteiger partial charge in [0.25, 0.3) is 5.91 Å². The number of rotatable bonds is 14. The van der Waals surface area contributed by atoms with Crippen molar-refractivity contribution in [2.24, 2.45) is 0 Å². The molecule has 2 amide bonds. The van der Waals surface area contributed by atoms with Gasteiger partial charge in [0.2, 0.25) is 0 Å². The largest absolute Gasteiger partial charge is 0.496 e. The minimum atomic E-state index is -0.649. The zero-order valence-electron chi connectivity index (χ0n) is 31.3. The summed E-state index contributed by atoms with van der Waals surface area (Å²) in [6, 6.07) is 22.1. The van der Waals surface area contributed by atoms with E-state index in [1.807, 2.05) is 56.0 Å². The van der Waals surface area contributed by atoms with Crippen molar-refractivity contribution in [1.82, 2.24) is 14.4 Å². The molecule has 10 nitrogen and oxygen atoms in total. The molecular formula is C42H51N3O7. The molecule has 52 heavy (non-hydrogen) atoms. The Kier molecular flexibility index (Phi) is 11.4. The van der Waals surface area contributed by atoms with Gasteiger partial charge in [0.05, 0.1) is 20.8 Å². The topological polar surface area (TPSA) is 91.7 Å². The highest BCUT2D eigenvalue weighted by molar-refractivity contribution is 6.03.